The molecule has 0 heterocycles. The molecule has 128 valence electrons. The molecule has 0 amide bonds. The number of hydrogen-bond donors (Lipinski definition) is 0. The van der Waals surface area contributed by atoms with Crippen LogP contribution in [0.5, 0.6) is 5.75 Å². The van der Waals surface area contributed by atoms with E-state index in [1.807, 2.05) is 24.3 Å². The number of alkyl halides is 1. The monoisotopic (exact) mass is 346 g/mol. The van der Waals surface area contributed by atoms with Crippen molar-refractivity contribution in [2.24, 2.45) is 0 Å². The molecule has 0 aliphatic heterocycles. The lowest BCUT2D eigenvalue weighted by molar-refractivity contribution is 0.0494. The van der Waals surface area contributed by atoms with E-state index in [0.29, 0.717) is 17.9 Å². The summed E-state index contributed by atoms with van der Waals surface area (Å²) >= 11 is 6.37. The fraction of sp³-hybridized carbons (Fsp3) is 0.350. The van der Waals surface area contributed by atoms with Crippen LogP contribution in [0.2, 0.25) is 0 Å². The van der Waals surface area contributed by atoms with E-state index in [1.54, 1.807) is 25.3 Å². The number of methoxy groups -OCH3 is 1. The zero-order valence-electron chi connectivity index (χ0n) is 13.9. The Balaban J connectivity index is 1.65. The minimum absolute atomic E-state index is 0.109. The van der Waals surface area contributed by atoms with Gasteiger partial charge in [-0.15, -0.1) is 11.6 Å². The third-order valence-electron chi connectivity index (χ3n) is 3.77. The number of hydrogen-bond acceptors (Lipinski definition) is 3. The second kappa shape index (κ2) is 9.99. The van der Waals surface area contributed by atoms with Crippen LogP contribution in [-0.4, -0.2) is 25.1 Å². The summed E-state index contributed by atoms with van der Waals surface area (Å²) in [5.74, 6) is 0.186. The van der Waals surface area contributed by atoms with Crippen molar-refractivity contribution in [2.75, 3.05) is 13.7 Å². The molecule has 1 unspecified atom stereocenters. The molecule has 2 aromatic carbocycles. The van der Waals surface area contributed by atoms with Crippen LogP contribution < -0.4 is 4.74 Å². The lowest BCUT2D eigenvalue weighted by atomic mass is 10.1. The SMILES string of the molecule is COc1ccccc1C(=O)OCCCCC(Cl)Cc1ccccc1. The van der Waals surface area contributed by atoms with Crippen molar-refractivity contribution in [3.8, 4) is 5.75 Å². The highest BCUT2D eigenvalue weighted by Gasteiger charge is 2.12. The van der Waals surface area contributed by atoms with E-state index < -0.39 is 0 Å². The molecule has 0 aliphatic rings. The Morgan fingerprint density at radius 3 is 2.50 bits per heavy atom. The number of para-hydroxylation sites is 1. The number of benzene rings is 2. The standard InChI is InChI=1S/C20H23ClO3/c1-23-19-13-6-5-12-18(19)20(22)24-14-8-7-11-17(21)15-16-9-3-2-4-10-16/h2-6,9-10,12-13,17H,7-8,11,14-15H2,1H3. The van der Waals surface area contributed by atoms with Crippen molar-refractivity contribution < 1.29 is 14.3 Å². The van der Waals surface area contributed by atoms with E-state index in [1.165, 1.54) is 5.56 Å². The van der Waals surface area contributed by atoms with Gasteiger partial charge in [0.05, 0.1) is 13.7 Å². The van der Waals surface area contributed by atoms with Gasteiger partial charge in [-0.2, -0.15) is 0 Å². The van der Waals surface area contributed by atoms with E-state index in [0.717, 1.165) is 25.7 Å². The van der Waals surface area contributed by atoms with Crippen LogP contribution in [0.4, 0.5) is 0 Å². The summed E-state index contributed by atoms with van der Waals surface area (Å²) in [6, 6.07) is 17.3. The van der Waals surface area contributed by atoms with Crippen molar-refractivity contribution in [2.45, 2.75) is 31.1 Å². The van der Waals surface area contributed by atoms with Crippen LogP contribution in [0.1, 0.15) is 35.2 Å². The summed E-state index contributed by atoms with van der Waals surface area (Å²) in [5, 5.41) is 0.109. The third-order valence-corrected chi connectivity index (χ3v) is 4.14. The summed E-state index contributed by atoms with van der Waals surface area (Å²) in [5.41, 5.74) is 1.71. The minimum Gasteiger partial charge on any atom is -0.496 e. The molecule has 0 saturated heterocycles. The maximum absolute atomic E-state index is 12.0. The first-order valence-electron chi connectivity index (χ1n) is 8.19. The van der Waals surface area contributed by atoms with Gasteiger partial charge >= 0.3 is 5.97 Å². The number of halogens is 1. The van der Waals surface area contributed by atoms with E-state index in [4.69, 9.17) is 21.1 Å². The Morgan fingerprint density at radius 2 is 1.75 bits per heavy atom. The minimum atomic E-state index is -0.348. The predicted molar refractivity (Wildman–Crippen MR) is 96.9 cm³/mol. The maximum Gasteiger partial charge on any atom is 0.341 e. The predicted octanol–water partition coefficient (Wildman–Crippen LogP) is 4.87. The van der Waals surface area contributed by atoms with Gasteiger partial charge in [0.2, 0.25) is 0 Å². The van der Waals surface area contributed by atoms with E-state index in [2.05, 4.69) is 12.1 Å². The lowest BCUT2D eigenvalue weighted by Gasteiger charge is -2.10. The van der Waals surface area contributed by atoms with Crippen LogP contribution in [0.25, 0.3) is 0 Å². The van der Waals surface area contributed by atoms with Crippen LogP contribution in [0, 0.1) is 0 Å². The molecule has 2 rings (SSSR count). The Kier molecular flexibility index (Phi) is 7.63. The molecular weight excluding hydrogens is 324 g/mol. The Morgan fingerprint density at radius 1 is 1.04 bits per heavy atom. The second-order valence-corrected chi connectivity index (χ2v) is 6.24. The number of carbonyl (C=O) groups is 1. The van der Waals surface area contributed by atoms with Crippen molar-refractivity contribution >= 4 is 17.6 Å². The van der Waals surface area contributed by atoms with Crippen molar-refractivity contribution in [1.82, 2.24) is 0 Å². The van der Waals surface area contributed by atoms with E-state index in [9.17, 15) is 4.79 Å². The Bertz CT molecular complexity index is 628. The van der Waals surface area contributed by atoms with Crippen molar-refractivity contribution in [3.63, 3.8) is 0 Å². The van der Waals surface area contributed by atoms with Crippen LogP contribution in [-0.2, 0) is 11.2 Å². The molecule has 0 aliphatic carbocycles. The van der Waals surface area contributed by atoms with Crippen LogP contribution in [0.3, 0.4) is 0 Å². The number of carbonyl (C=O) groups excluding carboxylic acids is 1. The van der Waals surface area contributed by atoms with Crippen molar-refractivity contribution in [1.29, 1.82) is 0 Å². The molecule has 0 radical (unpaired) electrons. The molecular formula is C20H23ClO3. The van der Waals surface area contributed by atoms with Crippen molar-refractivity contribution in [3.05, 3.63) is 65.7 Å². The lowest BCUT2D eigenvalue weighted by Crippen LogP contribution is -2.09. The Hall–Kier alpha value is -2.00. The molecule has 2 aromatic rings. The first-order valence-corrected chi connectivity index (χ1v) is 8.62. The highest BCUT2D eigenvalue weighted by molar-refractivity contribution is 6.20. The Labute approximate surface area is 148 Å². The summed E-state index contributed by atoms with van der Waals surface area (Å²) < 4.78 is 10.5. The summed E-state index contributed by atoms with van der Waals surface area (Å²) in [6.45, 7) is 0.395. The first kappa shape index (κ1) is 18.3. The highest BCUT2D eigenvalue weighted by atomic mass is 35.5. The largest absolute Gasteiger partial charge is 0.496 e. The smallest absolute Gasteiger partial charge is 0.341 e. The van der Waals surface area contributed by atoms with Gasteiger partial charge in [0.15, 0.2) is 0 Å². The molecule has 0 saturated carbocycles. The topological polar surface area (TPSA) is 35.5 Å². The maximum atomic E-state index is 12.0. The average Bonchev–Trinajstić information content (AvgIpc) is 2.62. The summed E-state index contributed by atoms with van der Waals surface area (Å²) in [7, 11) is 1.54. The number of unbranched alkanes of at least 4 members (excludes halogenated alkanes) is 1. The van der Waals surface area contributed by atoms with Gasteiger partial charge in [0.1, 0.15) is 11.3 Å². The molecule has 0 spiro atoms. The van der Waals surface area contributed by atoms with E-state index >= 15 is 0 Å². The summed E-state index contributed by atoms with van der Waals surface area (Å²) in [6.07, 6.45) is 3.51. The zero-order valence-corrected chi connectivity index (χ0v) is 14.7. The fourth-order valence-corrected chi connectivity index (χ4v) is 2.83. The van der Waals surface area contributed by atoms with Crippen LogP contribution in [0.15, 0.2) is 54.6 Å². The quantitative estimate of drug-likeness (QED) is 0.369. The van der Waals surface area contributed by atoms with Gasteiger partial charge in [-0.1, -0.05) is 42.5 Å². The molecule has 3 nitrogen and oxygen atoms in total. The summed E-state index contributed by atoms with van der Waals surface area (Å²) in [4.78, 5) is 12.0. The highest BCUT2D eigenvalue weighted by Crippen LogP contribution is 2.19. The van der Waals surface area contributed by atoms with Crippen LogP contribution >= 0.6 is 11.6 Å². The normalized spacial score (nSPS) is 11.8. The fourth-order valence-electron chi connectivity index (χ4n) is 2.50. The van der Waals surface area contributed by atoms with E-state index in [-0.39, 0.29) is 11.3 Å². The molecule has 1 atom stereocenters. The zero-order chi connectivity index (χ0) is 17.2. The third kappa shape index (κ3) is 5.89. The molecule has 0 bridgehead atoms. The van der Waals surface area contributed by atoms with Gasteiger partial charge in [0.25, 0.3) is 0 Å². The van der Waals surface area contributed by atoms with Gasteiger partial charge in [-0.05, 0) is 43.4 Å². The molecule has 0 aromatic heterocycles. The molecule has 24 heavy (non-hydrogen) atoms. The molecule has 0 N–H and O–H groups in total. The van der Waals surface area contributed by atoms with Gasteiger partial charge in [-0.3, -0.25) is 0 Å². The average molecular weight is 347 g/mol. The molecule has 0 fully saturated rings. The second-order valence-electron chi connectivity index (χ2n) is 5.62. The number of esters is 1. The van der Waals surface area contributed by atoms with Gasteiger partial charge in [-0.25, -0.2) is 4.79 Å². The first-order chi connectivity index (χ1) is 11.7. The van der Waals surface area contributed by atoms with Gasteiger partial charge in [0, 0.05) is 5.38 Å². The molecule has 4 heteroatoms. The van der Waals surface area contributed by atoms with Gasteiger partial charge < -0.3 is 9.47 Å². The number of rotatable bonds is 9. The number of ether oxygens (including phenoxy) is 2.